The summed E-state index contributed by atoms with van der Waals surface area (Å²) in [5.41, 5.74) is 15.3. The predicted molar refractivity (Wildman–Crippen MR) is 155 cm³/mol. The number of aromatic nitrogens is 4. The Hall–Kier alpha value is -3.73. The monoisotopic (exact) mass is 492 g/mol. The normalized spacial score (nSPS) is 17.4. The quantitative estimate of drug-likeness (QED) is 0.353. The van der Waals surface area contributed by atoms with Gasteiger partial charge in [-0.1, -0.05) is 26.5 Å². The van der Waals surface area contributed by atoms with Gasteiger partial charge < -0.3 is 14.8 Å². The molecule has 0 saturated carbocycles. The van der Waals surface area contributed by atoms with Crippen LogP contribution in [-0.4, -0.2) is 26.2 Å². The van der Waals surface area contributed by atoms with Crippen molar-refractivity contribution in [2.45, 2.75) is 72.6 Å². The number of aromatic amines is 2. The van der Waals surface area contributed by atoms with Crippen molar-refractivity contribution in [3.8, 4) is 0 Å². The molecule has 3 aromatic rings. The highest BCUT2D eigenvalue weighted by Gasteiger charge is 2.30. The third kappa shape index (κ3) is 4.16. The predicted octanol–water partition coefficient (Wildman–Crippen LogP) is 8.09. The highest BCUT2D eigenvalue weighted by molar-refractivity contribution is 5.93. The molecule has 8 bridgehead atoms. The molecule has 3 aromatic heterocycles. The Morgan fingerprint density at radius 2 is 1.62 bits per heavy atom. The molecule has 2 N–H and O–H groups in total. The largest absolute Gasteiger partial charge is 0.355 e. The van der Waals surface area contributed by atoms with E-state index < -0.39 is 0 Å². The molecule has 190 valence electrons. The molecule has 5 heteroatoms. The van der Waals surface area contributed by atoms with Crippen LogP contribution in [0.25, 0.3) is 39.3 Å². The van der Waals surface area contributed by atoms with Crippen LogP contribution in [0.15, 0.2) is 30.8 Å². The van der Waals surface area contributed by atoms with Crippen LogP contribution >= 0.6 is 0 Å². The smallest absolute Gasteiger partial charge is 0.120 e. The summed E-state index contributed by atoms with van der Waals surface area (Å²) in [5.74, 6) is 0.398. The summed E-state index contributed by atoms with van der Waals surface area (Å²) in [5, 5.41) is 0. The molecule has 2 aliphatic heterocycles. The van der Waals surface area contributed by atoms with Crippen molar-refractivity contribution in [3.63, 3.8) is 0 Å². The number of aldehydes is 1. The van der Waals surface area contributed by atoms with Gasteiger partial charge in [-0.05, 0) is 92.6 Å². The second-order valence-electron chi connectivity index (χ2n) is 10.4. The third-order valence-corrected chi connectivity index (χ3v) is 8.28. The van der Waals surface area contributed by atoms with E-state index in [2.05, 4.69) is 82.4 Å². The molecular formula is C32H36N4O. The summed E-state index contributed by atoms with van der Waals surface area (Å²) >= 11 is 0. The van der Waals surface area contributed by atoms with Gasteiger partial charge in [-0.25, -0.2) is 4.98 Å². The number of hydrogen-bond acceptors (Lipinski definition) is 3. The van der Waals surface area contributed by atoms with Crippen LogP contribution in [0, 0.1) is 20.8 Å². The maximum atomic E-state index is 11.3. The summed E-state index contributed by atoms with van der Waals surface area (Å²) in [7, 11) is 0. The number of nitrogens with zero attached hydrogens (tertiary/aromatic N) is 2. The van der Waals surface area contributed by atoms with E-state index in [4.69, 9.17) is 9.97 Å². The Kier molecular flexibility index (Phi) is 6.49. The van der Waals surface area contributed by atoms with E-state index in [0.717, 1.165) is 80.7 Å². The molecule has 5 heterocycles. The lowest BCUT2D eigenvalue weighted by Crippen LogP contribution is -2.04. The number of carbonyl (C=O) groups is 1. The highest BCUT2D eigenvalue weighted by atomic mass is 16.1. The molecule has 2 aliphatic rings. The van der Waals surface area contributed by atoms with Crippen molar-refractivity contribution in [2.75, 3.05) is 0 Å². The lowest BCUT2D eigenvalue weighted by Gasteiger charge is -2.15. The van der Waals surface area contributed by atoms with Gasteiger partial charge in [0.25, 0.3) is 0 Å². The van der Waals surface area contributed by atoms with Crippen LogP contribution in [0.5, 0.6) is 0 Å². The molecule has 0 aliphatic carbocycles. The van der Waals surface area contributed by atoms with Gasteiger partial charge in [0.1, 0.15) is 6.29 Å². The lowest BCUT2D eigenvalue weighted by atomic mass is 9.86. The van der Waals surface area contributed by atoms with E-state index in [1.807, 2.05) is 6.08 Å². The Morgan fingerprint density at radius 3 is 2.32 bits per heavy atom. The first-order valence-electron chi connectivity index (χ1n) is 13.3. The van der Waals surface area contributed by atoms with E-state index in [9.17, 15) is 4.79 Å². The summed E-state index contributed by atoms with van der Waals surface area (Å²) in [6.07, 6.45) is 5.17. The van der Waals surface area contributed by atoms with Gasteiger partial charge in [0.15, 0.2) is 0 Å². The van der Waals surface area contributed by atoms with Gasteiger partial charge in [-0.2, -0.15) is 0 Å². The summed E-state index contributed by atoms with van der Waals surface area (Å²) in [6, 6.07) is 8.71. The molecule has 0 radical (unpaired) electrons. The van der Waals surface area contributed by atoms with Crippen molar-refractivity contribution in [3.05, 3.63) is 75.9 Å². The molecule has 0 unspecified atom stereocenters. The number of nitrogens with one attached hydrogen (secondary N) is 2. The van der Waals surface area contributed by atoms with Gasteiger partial charge in [-0.15, -0.1) is 0 Å². The van der Waals surface area contributed by atoms with Gasteiger partial charge >= 0.3 is 0 Å². The fourth-order valence-electron chi connectivity index (χ4n) is 5.92. The van der Waals surface area contributed by atoms with Gasteiger partial charge in [0.2, 0.25) is 0 Å². The van der Waals surface area contributed by atoms with E-state index in [1.54, 1.807) is 0 Å². The minimum Gasteiger partial charge on any atom is -0.355 e. The number of rotatable bonds is 5. The fraction of sp³-hybridized carbons (Fsp3) is 0.344. The molecule has 2 atom stereocenters. The number of carbonyl (C=O) groups excluding carboxylic acids is 1. The van der Waals surface area contributed by atoms with Crippen LogP contribution in [0.4, 0.5) is 0 Å². The molecule has 5 nitrogen and oxygen atoms in total. The molecule has 0 saturated heterocycles. The van der Waals surface area contributed by atoms with E-state index >= 15 is 0 Å². The van der Waals surface area contributed by atoms with Crippen molar-refractivity contribution < 1.29 is 4.79 Å². The van der Waals surface area contributed by atoms with Crippen molar-refractivity contribution in [1.29, 1.82) is 0 Å². The van der Waals surface area contributed by atoms with E-state index in [-0.39, 0.29) is 11.8 Å². The van der Waals surface area contributed by atoms with Crippen LogP contribution in [0.2, 0.25) is 0 Å². The first kappa shape index (κ1) is 24.9. The Morgan fingerprint density at radius 1 is 0.919 bits per heavy atom. The fourth-order valence-corrected chi connectivity index (χ4v) is 5.92. The second-order valence-corrected chi connectivity index (χ2v) is 10.4. The Labute approximate surface area is 218 Å². The van der Waals surface area contributed by atoms with Crippen molar-refractivity contribution >= 4 is 45.6 Å². The van der Waals surface area contributed by atoms with Gasteiger partial charge in [-0.3, -0.25) is 4.98 Å². The number of aryl methyl sites for hydroxylation is 3. The van der Waals surface area contributed by atoms with Crippen LogP contribution in [0.1, 0.15) is 96.9 Å². The Bertz CT molecular complexity index is 1620. The topological polar surface area (TPSA) is 74.4 Å². The second kappa shape index (κ2) is 9.62. The summed E-state index contributed by atoms with van der Waals surface area (Å²) in [6.45, 7) is 17.1. The molecule has 0 spiro atoms. The average molecular weight is 493 g/mol. The average Bonchev–Trinajstić information content (AvgIpc) is 3.57. The maximum Gasteiger partial charge on any atom is 0.120 e. The third-order valence-electron chi connectivity index (χ3n) is 8.28. The maximum absolute atomic E-state index is 11.3. The number of allylic oxidation sites excluding steroid dienone is 2. The number of H-pyrrole nitrogens is 2. The minimum absolute atomic E-state index is 0.191. The lowest BCUT2D eigenvalue weighted by molar-refractivity contribution is -0.108. The summed E-state index contributed by atoms with van der Waals surface area (Å²) in [4.78, 5) is 28.8. The Balaban J connectivity index is 1.94. The first-order chi connectivity index (χ1) is 17.8. The van der Waals surface area contributed by atoms with Crippen LogP contribution < -0.4 is 0 Å². The minimum atomic E-state index is 0.191. The van der Waals surface area contributed by atoms with Crippen molar-refractivity contribution in [1.82, 2.24) is 19.9 Å². The van der Waals surface area contributed by atoms with Crippen LogP contribution in [0.3, 0.4) is 0 Å². The zero-order chi connectivity index (χ0) is 26.4. The molecule has 5 rings (SSSR count). The SMILES string of the molecule is C=Cc1c(C)c2cc3nc(c(C)c4cc(C)c(cc5nc(cc1[nH]2)C(C)=C5CC)[nH]4)[C@@H](CCC=O)[C@@H]3C. The highest BCUT2D eigenvalue weighted by Crippen LogP contribution is 2.41. The molecule has 0 aromatic carbocycles. The molecular weight excluding hydrogens is 456 g/mol. The van der Waals surface area contributed by atoms with Crippen LogP contribution in [-0.2, 0) is 4.79 Å². The molecule has 37 heavy (non-hydrogen) atoms. The number of hydrogen-bond donors (Lipinski definition) is 2. The first-order valence-corrected chi connectivity index (χ1v) is 13.3. The zero-order valence-electron chi connectivity index (χ0n) is 22.7. The molecule has 0 fully saturated rings. The van der Waals surface area contributed by atoms with Crippen molar-refractivity contribution in [2.24, 2.45) is 0 Å². The van der Waals surface area contributed by atoms with Gasteiger partial charge in [0.05, 0.1) is 11.4 Å². The zero-order valence-corrected chi connectivity index (χ0v) is 22.7. The standard InChI is InChI=1S/C32H36N4O/c1-8-22-19(5)28-16-31-23(9-2)18(4)27(34-31)15-29-20(6)24(11-10-12-37)32(36-29)21(7)26-13-17(3)25(33-26)14-30(22)35-28/h9,12-16,20,24,33-34H,2,8,10-11H2,1,3-7H3/t20-,24-/m0/s1. The van der Waals surface area contributed by atoms with E-state index in [0.29, 0.717) is 6.42 Å². The summed E-state index contributed by atoms with van der Waals surface area (Å²) < 4.78 is 0. The molecule has 0 amide bonds. The van der Waals surface area contributed by atoms with E-state index in [1.165, 1.54) is 16.7 Å². The number of fused-ring (bicyclic) bond motifs is 8. The van der Waals surface area contributed by atoms with Gasteiger partial charge in [0, 0.05) is 57.3 Å².